The molecule has 652 valence electrons. The number of benzene rings is 12. The van der Waals surface area contributed by atoms with E-state index in [1.165, 1.54) is 0 Å². The molecule has 0 amide bonds. The molecule has 0 saturated carbocycles. The lowest BCUT2D eigenvalue weighted by molar-refractivity contribution is -0.00704. The summed E-state index contributed by atoms with van der Waals surface area (Å²) in [6, 6.07) is 118. The maximum atomic E-state index is 6.94. The van der Waals surface area contributed by atoms with Crippen LogP contribution in [0.4, 0.5) is 0 Å². The largest absolute Gasteiger partial charge is 0.491 e. The lowest BCUT2D eigenvalue weighted by atomic mass is 9.89. The molecule has 14 nitrogen and oxygen atoms in total. The summed E-state index contributed by atoms with van der Waals surface area (Å²) in [5.41, 5.74) is 35.0. The molecule has 12 aromatic carbocycles. The van der Waals surface area contributed by atoms with E-state index < -0.39 is 0 Å². The van der Waals surface area contributed by atoms with E-state index in [9.17, 15) is 0 Å². The minimum atomic E-state index is 0.264. The quantitative estimate of drug-likeness (QED) is 0.107. The third kappa shape index (κ3) is 16.8. The van der Waals surface area contributed by atoms with Gasteiger partial charge in [0.2, 0.25) is 0 Å². The first-order valence-electron chi connectivity index (χ1n) is 46.0. The third-order valence-electron chi connectivity index (χ3n) is 25.3. The van der Waals surface area contributed by atoms with Gasteiger partial charge in [-0.3, -0.25) is 0 Å². The number of hydrogen-bond acceptors (Lipinski definition) is 10. The van der Waals surface area contributed by atoms with Crippen molar-refractivity contribution in [3.8, 4) is 135 Å². The van der Waals surface area contributed by atoms with E-state index in [-0.39, 0.29) is 13.2 Å². The first-order chi connectivity index (χ1) is 67.4. The molecule has 0 spiro atoms. The zero-order chi connectivity index (χ0) is 90.5. The minimum absolute atomic E-state index is 0.264. The van der Waals surface area contributed by atoms with E-state index >= 15 is 0 Å². The lowest BCUT2D eigenvalue weighted by Crippen LogP contribution is -2.15. The maximum Gasteiger partial charge on any atom is 0.128 e. The number of hydrogen-bond donors (Lipinski definition) is 4. The highest BCUT2D eigenvalue weighted by atomic mass is 16.6. The van der Waals surface area contributed by atoms with Gasteiger partial charge < -0.3 is 48.4 Å². The van der Waals surface area contributed by atoms with E-state index in [2.05, 4.69) is 396 Å². The van der Waals surface area contributed by atoms with Crippen LogP contribution in [0.3, 0.4) is 0 Å². The van der Waals surface area contributed by atoms with E-state index in [0.29, 0.717) is 64.4 Å². The monoisotopic (exact) mass is 1760 g/mol. The number of nitrogens with zero attached hydrogens (tertiary/aromatic N) is 4. The summed E-state index contributed by atoms with van der Waals surface area (Å²) in [5.74, 6) is 15.9. The Hall–Kier alpha value is -17.1. The van der Waals surface area contributed by atoms with Gasteiger partial charge >= 0.3 is 0 Å². The van der Waals surface area contributed by atoms with E-state index in [1.807, 2.05) is 36.4 Å². The molecule has 18 aromatic rings. The molecule has 11 heterocycles. The zero-order valence-corrected chi connectivity index (χ0v) is 74.3. The molecule has 6 aromatic heterocycles. The number of ether oxygens (including phenoxy) is 6. The summed E-state index contributed by atoms with van der Waals surface area (Å²) in [6.45, 7) is 3.72. The van der Waals surface area contributed by atoms with Crippen LogP contribution in [0.2, 0.25) is 0 Å². The van der Waals surface area contributed by atoms with Crippen LogP contribution in [0.15, 0.2) is 340 Å². The Morgan fingerprint density at radius 3 is 0.632 bits per heavy atom. The summed E-state index contributed by atoms with van der Waals surface area (Å²) in [5, 5.41) is 3.70. The Balaban J connectivity index is 0.630. The summed E-state index contributed by atoms with van der Waals surface area (Å²) in [4.78, 5) is 37.8. The van der Waals surface area contributed by atoms with Gasteiger partial charge in [0.15, 0.2) is 0 Å². The molecular formula is C122H88N8O6. The fourth-order valence-corrected chi connectivity index (χ4v) is 19.0. The molecule has 4 N–H and O–H groups in total. The number of aromatic amines is 4. The second-order valence-corrected chi connectivity index (χ2v) is 33.7. The van der Waals surface area contributed by atoms with Gasteiger partial charge in [0.1, 0.15) is 24.7 Å². The molecule has 5 aliphatic rings. The lowest BCUT2D eigenvalue weighted by Gasteiger charge is -2.20. The normalized spacial score (nSPS) is 13.4. The number of rotatable bonds is 8. The van der Waals surface area contributed by atoms with Crippen LogP contribution >= 0.6 is 0 Å². The molecule has 0 fully saturated rings. The third-order valence-corrected chi connectivity index (χ3v) is 25.3. The number of aromatic nitrogens is 8. The Labute approximate surface area is 786 Å². The summed E-state index contributed by atoms with van der Waals surface area (Å²) in [6.07, 6.45) is 17.1. The molecule has 23 rings (SSSR count). The molecular weight excluding hydrogens is 1670 g/mol. The highest BCUT2D eigenvalue weighted by Crippen LogP contribution is 2.49. The summed E-state index contributed by atoms with van der Waals surface area (Å²) < 4.78 is 37.9. The van der Waals surface area contributed by atoms with E-state index in [4.69, 9.17) is 48.4 Å². The number of fused-ring (bicyclic) bond motifs is 23. The molecule has 14 heteroatoms. The van der Waals surface area contributed by atoms with Crippen LogP contribution in [-0.4, -0.2) is 106 Å². The molecule has 0 saturated heterocycles. The topological polar surface area (TPSA) is 170 Å². The second kappa shape index (κ2) is 37.6. The molecule has 0 unspecified atom stereocenters. The first-order valence-corrected chi connectivity index (χ1v) is 46.0. The highest BCUT2D eigenvalue weighted by Gasteiger charge is 2.26. The van der Waals surface area contributed by atoms with Crippen molar-refractivity contribution < 1.29 is 28.4 Å². The van der Waals surface area contributed by atoms with Crippen molar-refractivity contribution in [1.82, 2.24) is 39.9 Å². The van der Waals surface area contributed by atoms with Crippen LogP contribution in [0, 0.1) is 23.7 Å². The SMILES string of the molecule is C(#Cc1cccc2c3c(ccc12)OCCOCCOCCOCCOCCOc1ccc2c(C#Cc4ccc(-c5c6nc(c(-c7ccccc7)c7ccc([nH]7)c(-c7ccccc7)c7nc(c(-c8ccccc8)c8ccc5[nH]8)C=C7)C=C6)cc4)cccc2c1-3)c1ccc(-c2c3nc(c(-c4ccccc4)c4ccc([nH]4)c(-c4ccccc4)c4nc(c(-c5ccccc5)c5ccc2[nH]5)C=C4)C=C3)cc1. The predicted molar refractivity (Wildman–Crippen MR) is 554 cm³/mol. The van der Waals surface area contributed by atoms with E-state index in [0.717, 1.165) is 234 Å². The summed E-state index contributed by atoms with van der Waals surface area (Å²) in [7, 11) is 0. The van der Waals surface area contributed by atoms with Gasteiger partial charge in [-0.25, -0.2) is 19.9 Å². The maximum absolute atomic E-state index is 6.94. The fourth-order valence-electron chi connectivity index (χ4n) is 19.0. The molecule has 0 atom stereocenters. The van der Waals surface area contributed by atoms with Crippen LogP contribution in [0.1, 0.15) is 67.8 Å². The average Bonchev–Trinajstić information content (AvgIpc) is 1.05. The van der Waals surface area contributed by atoms with Crippen molar-refractivity contribution in [1.29, 1.82) is 0 Å². The van der Waals surface area contributed by atoms with Crippen molar-refractivity contribution in [3.63, 3.8) is 0 Å². The Morgan fingerprint density at radius 1 is 0.176 bits per heavy atom. The molecule has 136 heavy (non-hydrogen) atoms. The van der Waals surface area contributed by atoms with Gasteiger partial charge in [-0.2, -0.15) is 0 Å². The Kier molecular flexibility index (Phi) is 23.1. The van der Waals surface area contributed by atoms with Crippen molar-refractivity contribution in [2.24, 2.45) is 0 Å². The number of H-pyrrole nitrogens is 4. The highest BCUT2D eigenvalue weighted by molar-refractivity contribution is 6.13. The van der Waals surface area contributed by atoms with Crippen LogP contribution in [-0.2, 0) is 18.9 Å². The standard InChI is InChI=1S/C122H88N8O6/c1-7-21-83(22-8-1)113-95-51-55-99(123-95)115(85-25-11-3-12-26-85)103-59-63-107(127-103)119(108-64-60-104(128-108)116(86-27-13-4-14-28-86)100-56-52-96(113)124-100)89-45-39-79(40-46-89)37-43-81-33-19-35-93-91(81)49-67-111-121(93)122-94-36-20-34-82(92(94)50-68-112(122)136-78-76-134-74-72-132-70-69-131-71-73-133-75-77-135-111)44-38-80-41-47-90(48-42-80)120-109-65-61-105(129-109)117(87-29-15-5-16-30-87)101-57-53-97(125-101)114(84-23-9-2-10-24-84)98-54-58-102(126-98)118(88-31-17-6-18-32-88)106-62-66-110(120)130-106/h1-36,39-42,45-68,123,125,128,130H,69-78H2. The molecule has 16 bridgehead atoms. The van der Waals surface area contributed by atoms with Crippen molar-refractivity contribution >= 4 is 114 Å². The van der Waals surface area contributed by atoms with Crippen molar-refractivity contribution in [2.75, 3.05) is 66.1 Å². The van der Waals surface area contributed by atoms with E-state index in [1.54, 1.807) is 0 Å². The molecule has 0 aliphatic carbocycles. The van der Waals surface area contributed by atoms with Gasteiger partial charge in [-0.05, 0) is 224 Å². The van der Waals surface area contributed by atoms with Crippen LogP contribution < -0.4 is 9.47 Å². The summed E-state index contributed by atoms with van der Waals surface area (Å²) >= 11 is 0. The van der Waals surface area contributed by atoms with Gasteiger partial charge in [-0.15, -0.1) is 0 Å². The van der Waals surface area contributed by atoms with Gasteiger partial charge in [0.25, 0.3) is 0 Å². The van der Waals surface area contributed by atoms with Gasteiger partial charge in [-0.1, -0.05) is 254 Å². The zero-order valence-electron chi connectivity index (χ0n) is 74.3. The number of nitrogens with one attached hydrogen (secondary N) is 4. The Morgan fingerprint density at radius 2 is 0.397 bits per heavy atom. The van der Waals surface area contributed by atoms with Crippen LogP contribution in [0.25, 0.3) is 214 Å². The van der Waals surface area contributed by atoms with Crippen molar-refractivity contribution in [2.45, 2.75) is 0 Å². The second-order valence-electron chi connectivity index (χ2n) is 33.7. The Bertz CT molecular complexity index is 7760. The molecule has 0 radical (unpaired) electrons. The first kappa shape index (κ1) is 83.3. The van der Waals surface area contributed by atoms with Crippen molar-refractivity contribution in [3.05, 3.63) is 408 Å². The fraction of sp³-hybridized carbons (Fsp3) is 0.0820. The smallest absolute Gasteiger partial charge is 0.128 e. The molecule has 5 aliphatic heterocycles. The minimum Gasteiger partial charge on any atom is -0.491 e. The van der Waals surface area contributed by atoms with Gasteiger partial charge in [0, 0.05) is 122 Å². The predicted octanol–water partition coefficient (Wildman–Crippen LogP) is 27.6. The van der Waals surface area contributed by atoms with Gasteiger partial charge in [0.05, 0.1) is 98.4 Å². The average molecular weight is 1760 g/mol. The van der Waals surface area contributed by atoms with Crippen LogP contribution in [0.5, 0.6) is 11.5 Å².